The Morgan fingerprint density at radius 3 is 2.56 bits per heavy atom. The normalized spacial score (nSPS) is 11.1. The molecule has 0 aliphatic carbocycles. The predicted octanol–water partition coefficient (Wildman–Crippen LogP) is 5.36. The van der Waals surface area contributed by atoms with Crippen molar-refractivity contribution < 1.29 is 0 Å². The highest BCUT2D eigenvalue weighted by Gasteiger charge is 2.01. The van der Waals surface area contributed by atoms with Crippen LogP contribution in [-0.2, 0) is 13.1 Å². The van der Waals surface area contributed by atoms with E-state index in [4.69, 9.17) is 0 Å². The number of benzene rings is 2. The first-order chi connectivity index (χ1) is 12.3. The Kier molecular flexibility index (Phi) is 6.25. The Bertz CT molecular complexity index is 845. The summed E-state index contributed by atoms with van der Waals surface area (Å²) in [7, 11) is 1.96. The molecule has 1 N–H and O–H groups in total. The number of aromatic nitrogens is 1. The van der Waals surface area contributed by atoms with E-state index in [1.165, 1.54) is 14.7 Å². The van der Waals surface area contributed by atoms with Crippen LogP contribution in [0, 0.1) is 3.57 Å². The molecule has 3 rings (SSSR count). The van der Waals surface area contributed by atoms with Crippen LogP contribution in [0.4, 0.5) is 5.69 Å². The van der Waals surface area contributed by atoms with Crippen molar-refractivity contribution >= 4 is 28.3 Å². The summed E-state index contributed by atoms with van der Waals surface area (Å²) in [5, 5.41) is 11.8. The molecule has 5 heteroatoms. The summed E-state index contributed by atoms with van der Waals surface area (Å²) < 4.78 is 1.25. The number of hydrogen-bond donors (Lipinski definition) is 1. The molecule has 1 aromatic heterocycles. The fourth-order valence-electron chi connectivity index (χ4n) is 2.48. The van der Waals surface area contributed by atoms with Gasteiger partial charge >= 0.3 is 0 Å². The molecule has 126 valence electrons. The van der Waals surface area contributed by atoms with Gasteiger partial charge in [0, 0.05) is 22.5 Å². The molecule has 3 aromatic rings. The molecular formula is C20H19IN4. The van der Waals surface area contributed by atoms with Crippen LogP contribution >= 0.6 is 22.6 Å². The van der Waals surface area contributed by atoms with Gasteiger partial charge in [0.05, 0.1) is 12.2 Å². The van der Waals surface area contributed by atoms with Gasteiger partial charge in [0.15, 0.2) is 0 Å². The van der Waals surface area contributed by atoms with Gasteiger partial charge in [-0.1, -0.05) is 30.3 Å². The van der Waals surface area contributed by atoms with E-state index in [1.54, 1.807) is 6.20 Å². The Hall–Kier alpha value is -2.12. The molecule has 0 spiro atoms. The molecule has 0 fully saturated rings. The number of azo groups is 1. The average Bonchev–Trinajstić information content (AvgIpc) is 2.65. The number of nitrogens with one attached hydrogen (secondary N) is 1. The molecule has 0 unspecified atom stereocenters. The minimum Gasteiger partial charge on any atom is -0.316 e. The van der Waals surface area contributed by atoms with Crippen LogP contribution in [0.15, 0.2) is 77.2 Å². The molecule has 0 atom stereocenters. The van der Waals surface area contributed by atoms with E-state index in [0.29, 0.717) is 6.54 Å². The molecular weight excluding hydrogens is 423 g/mol. The van der Waals surface area contributed by atoms with Crippen molar-refractivity contribution in [3.8, 4) is 11.1 Å². The predicted molar refractivity (Wildman–Crippen MR) is 110 cm³/mol. The van der Waals surface area contributed by atoms with Crippen LogP contribution in [0.2, 0.25) is 0 Å². The van der Waals surface area contributed by atoms with Crippen molar-refractivity contribution in [3.05, 3.63) is 81.7 Å². The topological polar surface area (TPSA) is 49.6 Å². The maximum atomic E-state index is 4.32. The standard InChI is InChI=1S/C20H19IN4/c1-22-13-18-5-4-15(11-20(18)21)12-24-25-19-8-6-16(7-9-19)17-3-2-10-23-14-17/h2-11,14,22H,12-13H2,1H3. The molecule has 0 amide bonds. The van der Waals surface area contributed by atoms with E-state index < -0.39 is 0 Å². The second-order valence-electron chi connectivity index (χ2n) is 5.64. The molecule has 25 heavy (non-hydrogen) atoms. The Labute approximate surface area is 161 Å². The lowest BCUT2D eigenvalue weighted by Crippen LogP contribution is -2.06. The van der Waals surface area contributed by atoms with Crippen molar-refractivity contribution in [3.63, 3.8) is 0 Å². The quantitative estimate of drug-likeness (QED) is 0.413. The van der Waals surface area contributed by atoms with Crippen molar-refractivity contribution in [2.45, 2.75) is 13.1 Å². The van der Waals surface area contributed by atoms with Gasteiger partial charge in [0.25, 0.3) is 0 Å². The molecule has 0 bridgehead atoms. The maximum absolute atomic E-state index is 4.32. The van der Waals surface area contributed by atoms with Gasteiger partial charge in [0.1, 0.15) is 0 Å². The van der Waals surface area contributed by atoms with Crippen molar-refractivity contribution in [2.24, 2.45) is 10.2 Å². The monoisotopic (exact) mass is 442 g/mol. The zero-order valence-electron chi connectivity index (χ0n) is 14.0. The average molecular weight is 442 g/mol. The Balaban J connectivity index is 1.63. The summed E-state index contributed by atoms with van der Waals surface area (Å²) in [5.74, 6) is 0. The van der Waals surface area contributed by atoms with Gasteiger partial charge < -0.3 is 5.32 Å². The highest BCUT2D eigenvalue weighted by molar-refractivity contribution is 14.1. The van der Waals surface area contributed by atoms with Crippen LogP contribution in [0.1, 0.15) is 11.1 Å². The van der Waals surface area contributed by atoms with Crippen LogP contribution in [-0.4, -0.2) is 12.0 Å². The summed E-state index contributed by atoms with van der Waals surface area (Å²) in [6, 6.07) is 18.4. The molecule has 0 aliphatic heterocycles. The highest BCUT2D eigenvalue weighted by Crippen LogP contribution is 2.22. The molecule has 0 radical (unpaired) electrons. The first-order valence-corrected chi connectivity index (χ1v) is 9.14. The van der Waals surface area contributed by atoms with E-state index in [2.05, 4.69) is 61.3 Å². The van der Waals surface area contributed by atoms with E-state index in [1.807, 2.05) is 49.6 Å². The first kappa shape index (κ1) is 17.7. The number of halogens is 1. The van der Waals surface area contributed by atoms with E-state index in [-0.39, 0.29) is 0 Å². The van der Waals surface area contributed by atoms with Crippen molar-refractivity contribution in [1.82, 2.24) is 10.3 Å². The van der Waals surface area contributed by atoms with Crippen LogP contribution < -0.4 is 5.32 Å². The Morgan fingerprint density at radius 2 is 1.88 bits per heavy atom. The third kappa shape index (κ3) is 4.93. The molecule has 4 nitrogen and oxygen atoms in total. The van der Waals surface area contributed by atoms with Crippen LogP contribution in [0.5, 0.6) is 0 Å². The molecule has 2 aromatic carbocycles. The molecule has 0 saturated heterocycles. The fraction of sp³-hybridized carbons (Fsp3) is 0.150. The summed E-state index contributed by atoms with van der Waals surface area (Å²) in [5.41, 5.74) is 5.55. The first-order valence-electron chi connectivity index (χ1n) is 8.06. The maximum Gasteiger partial charge on any atom is 0.0854 e. The van der Waals surface area contributed by atoms with Gasteiger partial charge in [-0.05, 0) is 76.2 Å². The van der Waals surface area contributed by atoms with Gasteiger partial charge in [-0.2, -0.15) is 10.2 Å². The lowest BCUT2D eigenvalue weighted by molar-refractivity contribution is 0.812. The molecule has 0 aliphatic rings. The minimum absolute atomic E-state index is 0.584. The summed E-state index contributed by atoms with van der Waals surface area (Å²) in [6.45, 7) is 1.46. The third-order valence-corrected chi connectivity index (χ3v) is 4.79. The second-order valence-corrected chi connectivity index (χ2v) is 6.81. The molecule has 1 heterocycles. The van der Waals surface area contributed by atoms with Crippen LogP contribution in [0.3, 0.4) is 0 Å². The van der Waals surface area contributed by atoms with E-state index in [9.17, 15) is 0 Å². The zero-order valence-corrected chi connectivity index (χ0v) is 16.1. The van der Waals surface area contributed by atoms with Gasteiger partial charge in [-0.15, -0.1) is 0 Å². The number of rotatable bonds is 6. The molecule has 0 saturated carbocycles. The van der Waals surface area contributed by atoms with Gasteiger partial charge in [0.2, 0.25) is 0 Å². The van der Waals surface area contributed by atoms with Gasteiger partial charge in [-0.3, -0.25) is 4.98 Å². The largest absolute Gasteiger partial charge is 0.316 e. The summed E-state index contributed by atoms with van der Waals surface area (Å²) in [6.07, 6.45) is 3.63. The zero-order chi connectivity index (χ0) is 17.5. The third-order valence-electron chi connectivity index (χ3n) is 3.79. The van der Waals surface area contributed by atoms with Gasteiger partial charge in [-0.25, -0.2) is 0 Å². The SMILES string of the molecule is CNCc1ccc(CN=Nc2ccc(-c3cccnc3)cc2)cc1I. The number of nitrogens with zero attached hydrogens (tertiary/aromatic N) is 3. The highest BCUT2D eigenvalue weighted by atomic mass is 127. The van der Waals surface area contributed by atoms with Crippen molar-refractivity contribution in [2.75, 3.05) is 7.05 Å². The summed E-state index contributed by atoms with van der Waals surface area (Å²) in [4.78, 5) is 4.14. The smallest absolute Gasteiger partial charge is 0.0854 e. The second kappa shape index (κ2) is 8.82. The lowest BCUT2D eigenvalue weighted by Gasteiger charge is -2.05. The van der Waals surface area contributed by atoms with Crippen molar-refractivity contribution in [1.29, 1.82) is 0 Å². The lowest BCUT2D eigenvalue weighted by atomic mass is 10.1. The van der Waals surface area contributed by atoms with E-state index in [0.717, 1.165) is 23.4 Å². The fourth-order valence-corrected chi connectivity index (χ4v) is 3.25. The van der Waals surface area contributed by atoms with E-state index >= 15 is 0 Å². The minimum atomic E-state index is 0.584. The Morgan fingerprint density at radius 1 is 1.04 bits per heavy atom. The number of hydrogen-bond acceptors (Lipinski definition) is 4. The summed E-state index contributed by atoms with van der Waals surface area (Å²) >= 11 is 2.36. The van der Waals surface area contributed by atoms with Crippen LogP contribution in [0.25, 0.3) is 11.1 Å². The number of pyridine rings is 1.